The summed E-state index contributed by atoms with van der Waals surface area (Å²) in [6, 6.07) is 4.65. The third-order valence-electron chi connectivity index (χ3n) is 2.75. The first-order chi connectivity index (χ1) is 7.99. The van der Waals surface area contributed by atoms with Gasteiger partial charge in [-0.3, -0.25) is 0 Å². The van der Waals surface area contributed by atoms with E-state index in [4.69, 9.17) is 0 Å². The Bertz CT molecular complexity index is 420. The van der Waals surface area contributed by atoms with E-state index in [1.54, 1.807) is 10.6 Å². The van der Waals surface area contributed by atoms with Crippen LogP contribution in [0.25, 0.3) is 0 Å². The molecule has 0 spiro atoms. The highest BCUT2D eigenvalue weighted by Gasteiger charge is 2.20. The quantitative estimate of drug-likeness (QED) is 0.700. The van der Waals surface area contributed by atoms with Gasteiger partial charge in [0.05, 0.1) is 0 Å². The van der Waals surface area contributed by atoms with Gasteiger partial charge in [-0.05, 0) is 45.9 Å². The number of aryl methyl sites for hydroxylation is 1. The van der Waals surface area contributed by atoms with Crippen molar-refractivity contribution in [3.05, 3.63) is 23.3 Å². The third kappa shape index (κ3) is 4.99. The molecule has 0 nitrogen and oxygen atoms in total. The molecule has 0 amide bonds. The van der Waals surface area contributed by atoms with Crippen LogP contribution in [0, 0.1) is 13.8 Å². The number of hydrogen-bond acceptors (Lipinski definition) is 0. The Morgan fingerprint density at radius 2 is 1.28 bits per heavy atom. The molecule has 0 saturated carbocycles. The van der Waals surface area contributed by atoms with Crippen LogP contribution in [0.15, 0.2) is 12.1 Å². The van der Waals surface area contributed by atoms with Crippen LogP contribution in [0.2, 0.25) is 0 Å². The van der Waals surface area contributed by atoms with Crippen molar-refractivity contribution in [2.24, 2.45) is 0 Å². The van der Waals surface area contributed by atoms with Gasteiger partial charge in [-0.15, -0.1) is 0 Å². The molecule has 0 N–H and O–H groups in total. The summed E-state index contributed by atoms with van der Waals surface area (Å²) in [6.07, 6.45) is 0. The highest BCUT2D eigenvalue weighted by molar-refractivity contribution is 7.56. The maximum atomic E-state index is 2.36. The molecule has 0 aliphatic heterocycles. The third-order valence-corrected chi connectivity index (χ3v) is 6.08. The van der Waals surface area contributed by atoms with Gasteiger partial charge in [0.25, 0.3) is 0 Å². The van der Waals surface area contributed by atoms with Crippen molar-refractivity contribution in [3.63, 3.8) is 0 Å². The lowest BCUT2D eigenvalue weighted by Gasteiger charge is -2.26. The highest BCUT2D eigenvalue weighted by atomic mass is 31.1. The molecule has 0 aromatic heterocycles. The highest BCUT2D eigenvalue weighted by Crippen LogP contribution is 2.35. The monoisotopic (exact) mass is 282 g/mol. The Morgan fingerprint density at radius 3 is 1.72 bits per heavy atom. The summed E-state index contributed by atoms with van der Waals surface area (Å²) < 4.78 is 0. The second kappa shape index (κ2) is 5.60. The minimum atomic E-state index is 0.385. The van der Waals surface area contributed by atoms with Gasteiger partial charge >= 0.3 is 0 Å². The molecule has 0 heterocycles. The minimum Gasteiger partial charge on any atom is -0.0842 e. The van der Waals surface area contributed by atoms with Crippen molar-refractivity contribution >= 4 is 27.8 Å². The van der Waals surface area contributed by atoms with Gasteiger partial charge in [-0.25, -0.2) is 0 Å². The van der Waals surface area contributed by atoms with Gasteiger partial charge < -0.3 is 0 Å². The van der Waals surface area contributed by atoms with E-state index < -0.39 is 0 Å². The zero-order valence-corrected chi connectivity index (χ0v) is 15.2. The summed E-state index contributed by atoms with van der Waals surface area (Å²) >= 11 is 0. The Labute approximate surface area is 117 Å². The first-order valence-electron chi connectivity index (χ1n) is 6.66. The van der Waals surface area contributed by atoms with Gasteiger partial charge in [0.15, 0.2) is 0 Å². The fourth-order valence-corrected chi connectivity index (χ4v) is 4.87. The van der Waals surface area contributed by atoms with Crippen molar-refractivity contribution < 1.29 is 0 Å². The van der Waals surface area contributed by atoms with Crippen LogP contribution in [-0.2, 0) is 0 Å². The van der Waals surface area contributed by atoms with E-state index in [0.717, 1.165) is 17.2 Å². The first-order valence-corrected chi connectivity index (χ1v) is 8.66. The van der Waals surface area contributed by atoms with Crippen LogP contribution < -0.4 is 10.6 Å². The van der Waals surface area contributed by atoms with Crippen molar-refractivity contribution in [3.8, 4) is 0 Å². The second-order valence-corrected chi connectivity index (χ2v) is 11.7. The Hall–Kier alpha value is 0.0800. The zero-order chi connectivity index (χ0) is 14.1. The molecule has 2 unspecified atom stereocenters. The summed E-state index contributed by atoms with van der Waals surface area (Å²) in [5, 5.41) is 3.98. The fourth-order valence-electron chi connectivity index (χ4n) is 1.86. The Balaban J connectivity index is 3.22. The fraction of sp³-hybridized carbons (Fsp3) is 0.625. The van der Waals surface area contributed by atoms with E-state index in [1.165, 1.54) is 11.1 Å². The molecule has 2 atom stereocenters. The number of rotatable bonds is 2. The van der Waals surface area contributed by atoms with E-state index in [9.17, 15) is 0 Å². The summed E-state index contributed by atoms with van der Waals surface area (Å²) in [7, 11) is 1.80. The van der Waals surface area contributed by atoms with Crippen LogP contribution in [0.1, 0.15) is 52.7 Å². The van der Waals surface area contributed by atoms with Crippen molar-refractivity contribution in [1.82, 2.24) is 0 Å². The summed E-state index contributed by atoms with van der Waals surface area (Å²) in [4.78, 5) is 0. The van der Waals surface area contributed by atoms with Gasteiger partial charge in [0, 0.05) is 0 Å². The summed E-state index contributed by atoms with van der Waals surface area (Å²) in [5.74, 6) is 0. The van der Waals surface area contributed by atoms with Crippen molar-refractivity contribution in [2.45, 2.75) is 65.7 Å². The molecule has 1 rings (SSSR count). The molecular weight excluding hydrogens is 254 g/mol. The molecule has 0 saturated heterocycles. The standard InChI is InChI=1S/C16H28P2/c1-11-9-10-13(17-15(3,4)5)14(12(11)2)18-16(6,7)8/h9-10,17-18H,1-8H3. The van der Waals surface area contributed by atoms with Crippen LogP contribution in [0.4, 0.5) is 0 Å². The van der Waals surface area contributed by atoms with Crippen LogP contribution in [0.3, 0.4) is 0 Å². The normalized spacial score (nSPS) is 14.2. The van der Waals surface area contributed by atoms with Gasteiger partial charge in [0.2, 0.25) is 0 Å². The summed E-state index contributed by atoms with van der Waals surface area (Å²) in [6.45, 7) is 18.6. The van der Waals surface area contributed by atoms with Gasteiger partial charge in [0.1, 0.15) is 0 Å². The van der Waals surface area contributed by atoms with Gasteiger partial charge in [-0.2, -0.15) is 0 Å². The van der Waals surface area contributed by atoms with Crippen LogP contribution in [0.5, 0.6) is 0 Å². The molecule has 0 fully saturated rings. The van der Waals surface area contributed by atoms with Crippen molar-refractivity contribution in [1.29, 1.82) is 0 Å². The second-order valence-electron chi connectivity index (χ2n) is 7.18. The number of benzene rings is 1. The molecule has 1 aromatic carbocycles. The predicted octanol–water partition coefficient (Wildman–Crippen LogP) is 4.51. The molecule has 0 radical (unpaired) electrons. The molecule has 1 aromatic rings. The van der Waals surface area contributed by atoms with E-state index in [2.05, 4.69) is 67.5 Å². The zero-order valence-electron chi connectivity index (χ0n) is 13.2. The molecule has 18 heavy (non-hydrogen) atoms. The lowest BCUT2D eigenvalue weighted by atomic mass is 10.1. The average Bonchev–Trinajstić information content (AvgIpc) is 2.14. The lowest BCUT2D eigenvalue weighted by molar-refractivity contribution is 0.797. The Morgan fingerprint density at radius 1 is 0.778 bits per heavy atom. The lowest BCUT2D eigenvalue weighted by Crippen LogP contribution is -2.27. The molecule has 0 aliphatic rings. The van der Waals surface area contributed by atoms with E-state index in [0.29, 0.717) is 10.3 Å². The minimum absolute atomic E-state index is 0.385. The molecule has 0 aliphatic carbocycles. The first kappa shape index (κ1) is 16.1. The maximum absolute atomic E-state index is 2.36. The Kier molecular flexibility index (Phi) is 5.02. The molecule has 102 valence electrons. The van der Waals surface area contributed by atoms with Crippen LogP contribution in [-0.4, -0.2) is 10.3 Å². The molecular formula is C16H28P2. The smallest absolute Gasteiger partial charge is 0.0160 e. The van der Waals surface area contributed by atoms with E-state index >= 15 is 0 Å². The topological polar surface area (TPSA) is 0 Å². The van der Waals surface area contributed by atoms with Gasteiger partial charge in [-0.1, -0.05) is 70.8 Å². The molecule has 0 bridgehead atoms. The average molecular weight is 282 g/mol. The number of hydrogen-bond donors (Lipinski definition) is 0. The van der Waals surface area contributed by atoms with Crippen LogP contribution >= 0.6 is 17.2 Å². The largest absolute Gasteiger partial charge is 0.0842 e. The van der Waals surface area contributed by atoms with E-state index in [-0.39, 0.29) is 0 Å². The van der Waals surface area contributed by atoms with Crippen molar-refractivity contribution in [2.75, 3.05) is 0 Å². The SMILES string of the molecule is Cc1ccc(PC(C)(C)C)c(PC(C)(C)C)c1C. The predicted molar refractivity (Wildman–Crippen MR) is 91.3 cm³/mol. The summed E-state index contributed by atoms with van der Waals surface area (Å²) in [5.41, 5.74) is 2.95. The maximum Gasteiger partial charge on any atom is -0.0160 e. The van der Waals surface area contributed by atoms with E-state index in [1.807, 2.05) is 0 Å². The molecule has 2 heteroatoms.